The maximum atomic E-state index is 12.1. The molecule has 1 N–H and O–H groups in total. The third-order valence-electron chi connectivity index (χ3n) is 3.06. The monoisotopic (exact) mass is 363 g/mol. The van der Waals surface area contributed by atoms with Crippen molar-refractivity contribution >= 4 is 39.9 Å². The number of halogens is 2. The van der Waals surface area contributed by atoms with Crippen molar-refractivity contribution in [1.82, 2.24) is 10.2 Å². The molecule has 0 saturated carbocycles. The number of nitrogens with one attached hydrogen (secondary N) is 1. The second-order valence-corrected chi connectivity index (χ2v) is 5.19. The predicted molar refractivity (Wildman–Crippen MR) is 81.2 cm³/mol. The summed E-state index contributed by atoms with van der Waals surface area (Å²) < 4.78 is 0.602. The number of amides is 1. The van der Waals surface area contributed by atoms with E-state index < -0.39 is 4.92 Å². The van der Waals surface area contributed by atoms with Crippen LogP contribution >= 0.6 is 28.3 Å². The Morgan fingerprint density at radius 1 is 1.40 bits per heavy atom. The fraction of sp³-hybridized carbons (Fsp3) is 0.417. The molecular formula is C12H15BrClN3O3. The van der Waals surface area contributed by atoms with Crippen molar-refractivity contribution in [3.8, 4) is 0 Å². The molecule has 8 heteroatoms. The van der Waals surface area contributed by atoms with E-state index in [1.807, 2.05) is 4.90 Å². The summed E-state index contributed by atoms with van der Waals surface area (Å²) in [5.74, 6) is 0.0519. The Bertz CT molecular complexity index is 507. The zero-order valence-corrected chi connectivity index (χ0v) is 13.1. The summed E-state index contributed by atoms with van der Waals surface area (Å²) in [4.78, 5) is 24.1. The fourth-order valence-corrected chi connectivity index (χ4v) is 2.49. The van der Waals surface area contributed by atoms with Crippen molar-refractivity contribution in [2.75, 3.05) is 26.2 Å². The van der Waals surface area contributed by atoms with E-state index in [0.29, 0.717) is 17.6 Å². The van der Waals surface area contributed by atoms with E-state index >= 15 is 0 Å². The van der Waals surface area contributed by atoms with Crippen molar-refractivity contribution in [3.63, 3.8) is 0 Å². The van der Waals surface area contributed by atoms with E-state index in [-0.39, 0.29) is 30.4 Å². The Labute approximate surface area is 131 Å². The van der Waals surface area contributed by atoms with Gasteiger partial charge in [0.2, 0.25) is 5.91 Å². The highest BCUT2D eigenvalue weighted by molar-refractivity contribution is 9.10. The first-order valence-electron chi connectivity index (χ1n) is 5.99. The van der Waals surface area contributed by atoms with Crippen LogP contribution in [0.2, 0.25) is 0 Å². The average molecular weight is 365 g/mol. The summed E-state index contributed by atoms with van der Waals surface area (Å²) in [6.45, 7) is 3.05. The molecule has 1 fully saturated rings. The van der Waals surface area contributed by atoms with Crippen LogP contribution in [0.3, 0.4) is 0 Å². The summed E-state index contributed by atoms with van der Waals surface area (Å²) >= 11 is 3.28. The zero-order chi connectivity index (χ0) is 13.8. The lowest BCUT2D eigenvalue weighted by Gasteiger charge is -2.27. The minimum Gasteiger partial charge on any atom is -0.340 e. The number of nitro groups is 1. The molecule has 0 aromatic heterocycles. The van der Waals surface area contributed by atoms with Crippen molar-refractivity contribution in [2.24, 2.45) is 0 Å². The molecule has 110 valence electrons. The molecule has 0 spiro atoms. The van der Waals surface area contributed by atoms with Crippen LogP contribution in [0.4, 0.5) is 5.69 Å². The molecule has 0 atom stereocenters. The van der Waals surface area contributed by atoms with E-state index in [0.717, 1.165) is 18.7 Å². The molecule has 20 heavy (non-hydrogen) atoms. The molecule has 1 aliphatic heterocycles. The van der Waals surface area contributed by atoms with Crippen LogP contribution in [0.15, 0.2) is 22.7 Å². The molecule has 0 bridgehead atoms. The van der Waals surface area contributed by atoms with Gasteiger partial charge in [0.05, 0.1) is 11.3 Å². The number of benzene rings is 1. The Hall–Kier alpha value is -1.18. The smallest absolute Gasteiger partial charge is 0.270 e. The first-order valence-corrected chi connectivity index (χ1v) is 6.78. The maximum absolute atomic E-state index is 12.1. The van der Waals surface area contributed by atoms with Gasteiger partial charge in [-0.3, -0.25) is 14.9 Å². The Morgan fingerprint density at radius 3 is 2.60 bits per heavy atom. The largest absolute Gasteiger partial charge is 0.340 e. The predicted octanol–water partition coefficient (Wildman–Crippen LogP) is 1.75. The molecule has 6 nitrogen and oxygen atoms in total. The molecule has 0 unspecified atom stereocenters. The van der Waals surface area contributed by atoms with Crippen LogP contribution in [0.1, 0.15) is 5.56 Å². The van der Waals surface area contributed by atoms with Gasteiger partial charge in [-0.15, -0.1) is 12.4 Å². The number of non-ortho nitro benzene ring substituents is 1. The van der Waals surface area contributed by atoms with Gasteiger partial charge in [0.15, 0.2) is 0 Å². The van der Waals surface area contributed by atoms with Crippen molar-refractivity contribution < 1.29 is 9.72 Å². The average Bonchev–Trinajstić information content (AvgIpc) is 2.41. The van der Waals surface area contributed by atoms with Crippen molar-refractivity contribution in [1.29, 1.82) is 0 Å². The lowest BCUT2D eigenvalue weighted by molar-refractivity contribution is -0.384. The molecule has 1 amide bonds. The van der Waals surface area contributed by atoms with Gasteiger partial charge in [-0.1, -0.05) is 22.0 Å². The van der Waals surface area contributed by atoms with Crippen LogP contribution in [0.5, 0.6) is 0 Å². The van der Waals surface area contributed by atoms with Crippen LogP contribution in [-0.2, 0) is 11.2 Å². The molecule has 1 saturated heterocycles. The third-order valence-corrected chi connectivity index (χ3v) is 3.80. The first kappa shape index (κ1) is 16.9. The molecule has 1 heterocycles. The molecule has 0 aliphatic carbocycles. The second-order valence-electron chi connectivity index (χ2n) is 4.34. The molecule has 0 radical (unpaired) electrons. The van der Waals surface area contributed by atoms with Gasteiger partial charge in [0, 0.05) is 42.8 Å². The van der Waals surface area contributed by atoms with E-state index in [4.69, 9.17) is 0 Å². The Morgan fingerprint density at radius 2 is 2.05 bits per heavy atom. The molecule has 1 aromatic rings. The minimum absolute atomic E-state index is 0. The van der Waals surface area contributed by atoms with Crippen molar-refractivity contribution in [3.05, 3.63) is 38.3 Å². The number of hydrogen-bond acceptors (Lipinski definition) is 4. The summed E-state index contributed by atoms with van der Waals surface area (Å²) in [5, 5.41) is 13.8. The topological polar surface area (TPSA) is 75.5 Å². The van der Waals surface area contributed by atoms with Gasteiger partial charge in [-0.2, -0.15) is 0 Å². The van der Waals surface area contributed by atoms with E-state index in [1.165, 1.54) is 12.1 Å². The highest BCUT2D eigenvalue weighted by Crippen LogP contribution is 2.23. The van der Waals surface area contributed by atoms with Gasteiger partial charge in [0.25, 0.3) is 5.69 Å². The number of carbonyl (C=O) groups is 1. The van der Waals surface area contributed by atoms with Crippen LogP contribution < -0.4 is 5.32 Å². The number of nitrogens with zero attached hydrogens (tertiary/aromatic N) is 2. The highest BCUT2D eigenvalue weighted by atomic mass is 79.9. The fourth-order valence-electron chi connectivity index (χ4n) is 1.98. The zero-order valence-electron chi connectivity index (χ0n) is 10.7. The van der Waals surface area contributed by atoms with Gasteiger partial charge < -0.3 is 10.2 Å². The third kappa shape index (κ3) is 4.16. The molecule has 1 aromatic carbocycles. The Balaban J connectivity index is 0.00000200. The van der Waals surface area contributed by atoms with Crippen LogP contribution in [0.25, 0.3) is 0 Å². The minimum atomic E-state index is -0.452. The lowest BCUT2D eigenvalue weighted by Crippen LogP contribution is -2.46. The number of carbonyl (C=O) groups excluding carboxylic acids is 1. The SMILES string of the molecule is Cl.O=C(Cc1ccc([N+](=O)[O-])cc1Br)N1CCNCC1. The van der Waals surface area contributed by atoms with Crippen LogP contribution in [0, 0.1) is 10.1 Å². The lowest BCUT2D eigenvalue weighted by atomic mass is 10.1. The van der Waals surface area contributed by atoms with Crippen LogP contribution in [-0.4, -0.2) is 41.9 Å². The van der Waals surface area contributed by atoms with Gasteiger partial charge in [-0.05, 0) is 5.56 Å². The summed E-state index contributed by atoms with van der Waals surface area (Å²) in [5.41, 5.74) is 0.791. The molecule has 2 rings (SSSR count). The summed E-state index contributed by atoms with van der Waals surface area (Å²) in [7, 11) is 0. The number of piperazine rings is 1. The van der Waals surface area contributed by atoms with E-state index in [9.17, 15) is 14.9 Å². The quantitative estimate of drug-likeness (QED) is 0.655. The number of hydrogen-bond donors (Lipinski definition) is 1. The standard InChI is InChI=1S/C12H14BrN3O3.ClH/c13-11-8-10(16(18)19)2-1-9(11)7-12(17)15-5-3-14-4-6-15;/h1-2,8,14H,3-7H2;1H. The van der Waals surface area contributed by atoms with Gasteiger partial charge in [0.1, 0.15) is 0 Å². The molecule has 1 aliphatic rings. The first-order chi connectivity index (χ1) is 9.08. The van der Waals surface area contributed by atoms with Gasteiger partial charge >= 0.3 is 0 Å². The highest BCUT2D eigenvalue weighted by Gasteiger charge is 2.18. The second kappa shape index (κ2) is 7.56. The maximum Gasteiger partial charge on any atom is 0.270 e. The van der Waals surface area contributed by atoms with E-state index in [1.54, 1.807) is 6.07 Å². The number of nitro benzene ring substituents is 1. The van der Waals surface area contributed by atoms with E-state index in [2.05, 4.69) is 21.2 Å². The van der Waals surface area contributed by atoms with Crippen molar-refractivity contribution in [2.45, 2.75) is 6.42 Å². The number of rotatable bonds is 3. The Kier molecular flexibility index (Phi) is 6.38. The van der Waals surface area contributed by atoms with Gasteiger partial charge in [-0.25, -0.2) is 0 Å². The summed E-state index contributed by atoms with van der Waals surface area (Å²) in [6.07, 6.45) is 0.262. The summed E-state index contributed by atoms with van der Waals surface area (Å²) in [6, 6.07) is 4.48. The normalized spacial score (nSPS) is 14.6. The molecular weight excluding hydrogens is 350 g/mol.